The third-order valence-electron chi connectivity index (χ3n) is 5.94. The molecule has 2 aliphatic heterocycles. The van der Waals surface area contributed by atoms with Gasteiger partial charge in [0.1, 0.15) is 11.5 Å². The number of carbonyl (C=O) groups is 1. The second-order valence-electron chi connectivity index (χ2n) is 7.92. The molecule has 31 heavy (non-hydrogen) atoms. The van der Waals surface area contributed by atoms with E-state index >= 15 is 0 Å². The summed E-state index contributed by atoms with van der Waals surface area (Å²) in [6.45, 7) is 4.18. The van der Waals surface area contributed by atoms with E-state index < -0.39 is 0 Å². The van der Waals surface area contributed by atoms with Gasteiger partial charge >= 0.3 is 0 Å². The summed E-state index contributed by atoms with van der Waals surface area (Å²) < 4.78 is 13.2. The molecule has 0 saturated carbocycles. The molecular formula is C25H24FN4O+. The maximum atomic E-state index is 13.3. The first-order valence-corrected chi connectivity index (χ1v) is 10.6. The Hall–Kier alpha value is -3.51. The van der Waals surface area contributed by atoms with Crippen molar-refractivity contribution in [1.29, 1.82) is 0 Å². The number of rotatable bonds is 4. The van der Waals surface area contributed by atoms with Crippen molar-refractivity contribution < 1.29 is 14.1 Å². The average molecular weight is 415 g/mol. The predicted molar refractivity (Wildman–Crippen MR) is 121 cm³/mol. The van der Waals surface area contributed by atoms with Crippen LogP contribution in [-0.2, 0) is 4.79 Å². The Morgan fingerprint density at radius 1 is 0.871 bits per heavy atom. The van der Waals surface area contributed by atoms with Crippen molar-refractivity contribution in [3.05, 3.63) is 90.2 Å². The number of quaternary nitrogens is 1. The summed E-state index contributed by atoms with van der Waals surface area (Å²) in [7, 11) is 0. The lowest BCUT2D eigenvalue weighted by Crippen LogP contribution is -3.16. The van der Waals surface area contributed by atoms with E-state index in [9.17, 15) is 9.18 Å². The van der Waals surface area contributed by atoms with E-state index in [4.69, 9.17) is 0 Å². The van der Waals surface area contributed by atoms with Gasteiger partial charge in [-0.3, -0.25) is 9.69 Å². The van der Waals surface area contributed by atoms with Crippen molar-refractivity contribution in [3.63, 3.8) is 0 Å². The molecule has 1 saturated heterocycles. The maximum Gasteiger partial charge on any atom is 0.281 e. The normalized spacial score (nSPS) is 18.0. The molecule has 0 radical (unpaired) electrons. The van der Waals surface area contributed by atoms with Crippen molar-refractivity contribution in [2.75, 3.05) is 42.6 Å². The Morgan fingerprint density at radius 3 is 2.29 bits per heavy atom. The summed E-state index contributed by atoms with van der Waals surface area (Å²) in [4.78, 5) is 23.4. The Bertz CT molecular complexity index is 1110. The van der Waals surface area contributed by atoms with E-state index in [1.807, 2.05) is 71.6 Å². The number of anilines is 2. The fourth-order valence-electron chi connectivity index (χ4n) is 4.27. The highest BCUT2D eigenvalue weighted by atomic mass is 19.1. The monoisotopic (exact) mass is 415 g/mol. The summed E-state index contributed by atoms with van der Waals surface area (Å²) in [6.07, 6.45) is 0. The lowest BCUT2D eigenvalue weighted by atomic mass is 10.1. The van der Waals surface area contributed by atoms with Gasteiger partial charge in [-0.2, -0.15) is 0 Å². The molecule has 0 bridgehead atoms. The zero-order chi connectivity index (χ0) is 21.2. The van der Waals surface area contributed by atoms with Crippen LogP contribution in [0.4, 0.5) is 21.5 Å². The van der Waals surface area contributed by atoms with Crippen LogP contribution in [0.3, 0.4) is 0 Å². The summed E-state index contributed by atoms with van der Waals surface area (Å²) in [5.74, 6) is -0.259. The van der Waals surface area contributed by atoms with Gasteiger partial charge in [0, 0.05) is 11.3 Å². The van der Waals surface area contributed by atoms with E-state index in [0.717, 1.165) is 48.8 Å². The van der Waals surface area contributed by atoms with Gasteiger partial charge in [0.2, 0.25) is 0 Å². The number of carbonyl (C=O) groups excluding carboxylic acids is 1. The van der Waals surface area contributed by atoms with E-state index in [1.54, 1.807) is 0 Å². The number of nitrogens with zero attached hydrogens (tertiary/aromatic N) is 3. The standard InChI is InChI=1S/C25H23FN4O/c26-19-10-12-21(13-11-19)29-16-14-28(15-17-29)18-30-23-9-5-4-8-22(23)24(25(30)31)27-20-6-2-1-3-7-20/h1-13H,14-18H2/p+1. The number of fused-ring (bicyclic) bond motifs is 1. The number of aliphatic imine (C=N–C) groups is 1. The number of nitrogens with one attached hydrogen (secondary N) is 1. The molecule has 5 nitrogen and oxygen atoms in total. The molecule has 5 rings (SSSR count). The molecule has 3 aromatic rings. The topological polar surface area (TPSA) is 40.4 Å². The molecule has 156 valence electrons. The van der Waals surface area contributed by atoms with Gasteiger partial charge in [0.15, 0.2) is 6.67 Å². The number of halogens is 1. The number of hydrogen-bond donors (Lipinski definition) is 1. The number of benzene rings is 3. The van der Waals surface area contributed by atoms with Gasteiger partial charge in [-0.05, 0) is 42.5 Å². The van der Waals surface area contributed by atoms with Crippen LogP contribution < -0.4 is 14.7 Å². The molecule has 1 fully saturated rings. The second kappa shape index (κ2) is 8.32. The van der Waals surface area contributed by atoms with Crippen molar-refractivity contribution >= 4 is 28.7 Å². The van der Waals surface area contributed by atoms with Crippen LogP contribution in [0, 0.1) is 5.82 Å². The van der Waals surface area contributed by atoms with Gasteiger partial charge in [-0.15, -0.1) is 0 Å². The Morgan fingerprint density at radius 2 is 1.55 bits per heavy atom. The minimum absolute atomic E-state index is 0.0430. The van der Waals surface area contributed by atoms with Gasteiger partial charge in [0.05, 0.1) is 37.6 Å². The van der Waals surface area contributed by atoms with Crippen molar-refractivity contribution in [1.82, 2.24) is 0 Å². The van der Waals surface area contributed by atoms with Crippen molar-refractivity contribution in [2.24, 2.45) is 4.99 Å². The predicted octanol–water partition coefficient (Wildman–Crippen LogP) is 2.66. The van der Waals surface area contributed by atoms with Crippen LogP contribution >= 0.6 is 0 Å². The summed E-state index contributed by atoms with van der Waals surface area (Å²) in [5.41, 5.74) is 4.14. The smallest absolute Gasteiger partial charge is 0.281 e. The summed E-state index contributed by atoms with van der Waals surface area (Å²) in [6, 6.07) is 24.1. The minimum atomic E-state index is -0.216. The van der Waals surface area contributed by atoms with E-state index in [1.165, 1.54) is 17.0 Å². The molecule has 3 aromatic carbocycles. The molecule has 2 heterocycles. The molecule has 2 aliphatic rings. The van der Waals surface area contributed by atoms with Gasteiger partial charge < -0.3 is 9.80 Å². The van der Waals surface area contributed by atoms with Gasteiger partial charge in [-0.1, -0.05) is 36.4 Å². The third-order valence-corrected chi connectivity index (χ3v) is 5.94. The largest absolute Gasteiger partial charge is 0.360 e. The number of amides is 1. The van der Waals surface area contributed by atoms with E-state index in [-0.39, 0.29) is 11.7 Å². The molecule has 6 heteroatoms. The van der Waals surface area contributed by atoms with Gasteiger partial charge in [-0.25, -0.2) is 9.38 Å². The maximum absolute atomic E-state index is 13.3. The average Bonchev–Trinajstić information content (AvgIpc) is 3.07. The SMILES string of the molecule is O=C1C(=Nc2ccccc2)c2ccccc2N1C[NH+]1CCN(c2ccc(F)cc2)CC1. The van der Waals surface area contributed by atoms with Gasteiger partial charge in [0.25, 0.3) is 5.91 Å². The Kier molecular flexibility index (Phi) is 5.22. The fourth-order valence-corrected chi connectivity index (χ4v) is 4.27. The van der Waals surface area contributed by atoms with Crippen molar-refractivity contribution in [3.8, 4) is 0 Å². The number of para-hydroxylation sites is 2. The lowest BCUT2D eigenvalue weighted by Gasteiger charge is -2.35. The molecule has 0 aliphatic carbocycles. The van der Waals surface area contributed by atoms with Crippen LogP contribution in [0.25, 0.3) is 0 Å². The molecule has 1 amide bonds. The first-order valence-electron chi connectivity index (χ1n) is 10.6. The number of piperazine rings is 1. The van der Waals surface area contributed by atoms with E-state index in [2.05, 4.69) is 9.89 Å². The first kappa shape index (κ1) is 19.5. The highest BCUT2D eigenvalue weighted by Gasteiger charge is 2.36. The van der Waals surface area contributed by atoms with E-state index in [0.29, 0.717) is 12.4 Å². The Balaban J connectivity index is 1.31. The van der Waals surface area contributed by atoms with Crippen LogP contribution in [0.1, 0.15) is 5.56 Å². The highest BCUT2D eigenvalue weighted by Crippen LogP contribution is 2.30. The molecule has 0 aromatic heterocycles. The third kappa shape index (κ3) is 3.94. The summed E-state index contributed by atoms with van der Waals surface area (Å²) >= 11 is 0. The summed E-state index contributed by atoms with van der Waals surface area (Å²) in [5, 5.41) is 0. The van der Waals surface area contributed by atoms with Crippen LogP contribution in [0.2, 0.25) is 0 Å². The van der Waals surface area contributed by atoms with Crippen molar-refractivity contribution in [2.45, 2.75) is 0 Å². The zero-order valence-corrected chi connectivity index (χ0v) is 17.2. The minimum Gasteiger partial charge on any atom is -0.360 e. The Labute approximate surface area is 181 Å². The van der Waals surface area contributed by atoms with Crippen LogP contribution in [-0.4, -0.2) is 44.5 Å². The van der Waals surface area contributed by atoms with Crippen LogP contribution in [0.5, 0.6) is 0 Å². The second-order valence-corrected chi connectivity index (χ2v) is 7.92. The van der Waals surface area contributed by atoms with Crippen LogP contribution in [0.15, 0.2) is 83.9 Å². The molecule has 1 N–H and O–H groups in total. The first-order chi connectivity index (χ1) is 15.2. The molecule has 0 spiro atoms. The fraction of sp³-hybridized carbons (Fsp3) is 0.200. The lowest BCUT2D eigenvalue weighted by molar-refractivity contribution is -0.899. The quantitative estimate of drug-likeness (QED) is 0.712. The molecule has 0 unspecified atom stereocenters. The molecule has 0 atom stereocenters. The number of hydrogen-bond acceptors (Lipinski definition) is 3. The zero-order valence-electron chi connectivity index (χ0n) is 17.2. The highest BCUT2D eigenvalue weighted by molar-refractivity contribution is 6.54. The molecular weight excluding hydrogens is 391 g/mol.